The predicted octanol–water partition coefficient (Wildman–Crippen LogP) is 2.23. The molecule has 1 amide bonds. The molecule has 0 unspecified atom stereocenters. The molecule has 3 aromatic rings. The summed E-state index contributed by atoms with van der Waals surface area (Å²) in [7, 11) is 0. The molecule has 2 aromatic heterocycles. The third kappa shape index (κ3) is 3.51. The van der Waals surface area contributed by atoms with Gasteiger partial charge in [0.05, 0.1) is 11.9 Å². The van der Waals surface area contributed by atoms with Crippen LogP contribution < -0.4 is 10.9 Å². The van der Waals surface area contributed by atoms with E-state index in [0.717, 1.165) is 5.69 Å². The Morgan fingerprint density at radius 2 is 1.85 bits per heavy atom. The molecule has 136 valence electrons. The molecule has 0 spiro atoms. The van der Waals surface area contributed by atoms with Crippen molar-refractivity contribution >= 4 is 16.9 Å². The Morgan fingerprint density at radius 1 is 1.15 bits per heavy atom. The summed E-state index contributed by atoms with van der Waals surface area (Å²) in [4.78, 5) is 28.9. The molecule has 1 N–H and O–H groups in total. The molecule has 3 rings (SSSR count). The molecule has 0 radical (unpaired) electrons. The van der Waals surface area contributed by atoms with E-state index in [1.54, 1.807) is 4.68 Å². The summed E-state index contributed by atoms with van der Waals surface area (Å²) >= 11 is 0. The SMILES string of the molecule is CC(C)NC(=O)Cn1cnc2c(cnn2-c2ccc(C(C)C)cc2)c1=O. The van der Waals surface area contributed by atoms with E-state index in [1.165, 1.54) is 22.7 Å². The number of hydrogen-bond acceptors (Lipinski definition) is 4. The number of fused-ring (bicyclic) bond motifs is 1. The number of nitrogens with zero attached hydrogens (tertiary/aromatic N) is 4. The third-order valence-corrected chi connectivity index (χ3v) is 4.12. The topological polar surface area (TPSA) is 81.8 Å². The van der Waals surface area contributed by atoms with Gasteiger partial charge in [-0.3, -0.25) is 14.2 Å². The van der Waals surface area contributed by atoms with Crippen LogP contribution in [-0.4, -0.2) is 31.3 Å². The van der Waals surface area contributed by atoms with Gasteiger partial charge in [-0.05, 0) is 37.5 Å². The van der Waals surface area contributed by atoms with Crippen molar-refractivity contribution in [2.75, 3.05) is 0 Å². The van der Waals surface area contributed by atoms with Gasteiger partial charge in [0, 0.05) is 6.04 Å². The molecule has 0 aliphatic heterocycles. The summed E-state index contributed by atoms with van der Waals surface area (Å²) in [5, 5.41) is 7.46. The molecular weight excluding hydrogens is 330 g/mol. The highest BCUT2D eigenvalue weighted by Gasteiger charge is 2.13. The molecular formula is C19H23N5O2. The van der Waals surface area contributed by atoms with Gasteiger partial charge in [-0.15, -0.1) is 0 Å². The van der Waals surface area contributed by atoms with Crippen molar-refractivity contribution in [3.05, 3.63) is 52.7 Å². The van der Waals surface area contributed by atoms with E-state index in [-0.39, 0.29) is 24.1 Å². The molecule has 0 bridgehead atoms. The molecule has 0 saturated heterocycles. The second-order valence-electron chi connectivity index (χ2n) is 6.94. The Balaban J connectivity index is 1.95. The third-order valence-electron chi connectivity index (χ3n) is 4.12. The van der Waals surface area contributed by atoms with Crippen molar-refractivity contribution in [1.29, 1.82) is 0 Å². The van der Waals surface area contributed by atoms with Crippen LogP contribution in [0.1, 0.15) is 39.2 Å². The zero-order valence-corrected chi connectivity index (χ0v) is 15.4. The lowest BCUT2D eigenvalue weighted by atomic mass is 10.0. The highest BCUT2D eigenvalue weighted by atomic mass is 16.2. The lowest BCUT2D eigenvalue weighted by molar-refractivity contribution is -0.122. The Hall–Kier alpha value is -2.96. The summed E-state index contributed by atoms with van der Waals surface area (Å²) in [5.41, 5.74) is 2.27. The summed E-state index contributed by atoms with van der Waals surface area (Å²) in [6, 6.07) is 8.04. The number of amides is 1. The molecule has 0 fully saturated rings. The van der Waals surface area contributed by atoms with Crippen LogP contribution in [0.2, 0.25) is 0 Å². The molecule has 2 heterocycles. The fourth-order valence-electron chi connectivity index (χ4n) is 2.77. The number of nitrogens with one attached hydrogen (secondary N) is 1. The van der Waals surface area contributed by atoms with Gasteiger partial charge in [0.1, 0.15) is 18.3 Å². The fourth-order valence-corrected chi connectivity index (χ4v) is 2.77. The average Bonchev–Trinajstić information content (AvgIpc) is 3.01. The summed E-state index contributed by atoms with van der Waals surface area (Å²) in [6.45, 7) is 7.96. The van der Waals surface area contributed by atoms with Gasteiger partial charge < -0.3 is 5.32 Å². The smallest absolute Gasteiger partial charge is 0.264 e. The monoisotopic (exact) mass is 353 g/mol. The van der Waals surface area contributed by atoms with Crippen LogP contribution >= 0.6 is 0 Å². The molecule has 7 heteroatoms. The van der Waals surface area contributed by atoms with Crippen molar-refractivity contribution in [1.82, 2.24) is 24.6 Å². The quantitative estimate of drug-likeness (QED) is 0.763. The zero-order chi connectivity index (χ0) is 18.8. The summed E-state index contributed by atoms with van der Waals surface area (Å²) in [5.74, 6) is 0.223. The highest BCUT2D eigenvalue weighted by Crippen LogP contribution is 2.18. The van der Waals surface area contributed by atoms with Gasteiger partial charge in [0.2, 0.25) is 5.91 Å². The maximum Gasteiger partial charge on any atom is 0.264 e. The first-order chi connectivity index (χ1) is 12.4. The normalized spacial score (nSPS) is 11.5. The number of aromatic nitrogens is 4. The maximum absolute atomic E-state index is 12.6. The standard InChI is InChI=1S/C19H23N5O2/c1-12(2)14-5-7-15(8-6-14)24-18-16(9-21-24)19(26)23(11-20-18)10-17(25)22-13(3)4/h5-9,11-13H,10H2,1-4H3,(H,22,25). The van der Waals surface area contributed by atoms with E-state index in [4.69, 9.17) is 0 Å². The lowest BCUT2D eigenvalue weighted by Crippen LogP contribution is -2.36. The van der Waals surface area contributed by atoms with Crippen LogP contribution in [0.5, 0.6) is 0 Å². The minimum absolute atomic E-state index is 0.0199. The van der Waals surface area contributed by atoms with Crippen LogP contribution in [-0.2, 0) is 11.3 Å². The van der Waals surface area contributed by atoms with Crippen molar-refractivity contribution in [2.24, 2.45) is 0 Å². The van der Waals surface area contributed by atoms with Crippen LogP contribution in [0, 0.1) is 0 Å². The molecule has 0 saturated carbocycles. The number of benzene rings is 1. The Bertz CT molecular complexity index is 983. The molecule has 0 aliphatic rings. The van der Waals surface area contributed by atoms with Crippen LogP contribution in [0.4, 0.5) is 0 Å². The predicted molar refractivity (Wildman–Crippen MR) is 100 cm³/mol. The molecule has 7 nitrogen and oxygen atoms in total. The van der Waals surface area contributed by atoms with Gasteiger partial charge in [-0.25, -0.2) is 9.67 Å². The first-order valence-corrected chi connectivity index (χ1v) is 8.69. The summed E-state index contributed by atoms with van der Waals surface area (Å²) in [6.07, 6.45) is 2.89. The van der Waals surface area contributed by atoms with Crippen molar-refractivity contribution in [3.8, 4) is 5.69 Å². The Morgan fingerprint density at radius 3 is 2.46 bits per heavy atom. The van der Waals surface area contributed by atoms with Gasteiger partial charge in [0.15, 0.2) is 5.65 Å². The highest BCUT2D eigenvalue weighted by molar-refractivity contribution is 5.78. The van der Waals surface area contributed by atoms with E-state index in [0.29, 0.717) is 17.0 Å². The first-order valence-electron chi connectivity index (χ1n) is 8.69. The lowest BCUT2D eigenvalue weighted by Gasteiger charge is -2.10. The maximum atomic E-state index is 12.6. The van der Waals surface area contributed by atoms with E-state index in [1.807, 2.05) is 38.1 Å². The van der Waals surface area contributed by atoms with Crippen molar-refractivity contribution in [2.45, 2.75) is 46.2 Å². The van der Waals surface area contributed by atoms with E-state index >= 15 is 0 Å². The van der Waals surface area contributed by atoms with Gasteiger partial charge >= 0.3 is 0 Å². The Labute approximate surface area is 151 Å². The van der Waals surface area contributed by atoms with Crippen LogP contribution in [0.25, 0.3) is 16.7 Å². The summed E-state index contributed by atoms with van der Waals surface area (Å²) < 4.78 is 2.94. The van der Waals surface area contributed by atoms with Gasteiger partial charge in [-0.2, -0.15) is 5.10 Å². The van der Waals surface area contributed by atoms with E-state index < -0.39 is 0 Å². The second kappa shape index (κ2) is 7.11. The molecule has 26 heavy (non-hydrogen) atoms. The fraction of sp³-hybridized carbons (Fsp3) is 0.368. The number of carbonyl (C=O) groups excluding carboxylic acids is 1. The van der Waals surface area contributed by atoms with Crippen LogP contribution in [0.15, 0.2) is 41.6 Å². The van der Waals surface area contributed by atoms with Crippen molar-refractivity contribution in [3.63, 3.8) is 0 Å². The minimum atomic E-state index is -0.279. The Kier molecular flexibility index (Phi) is 4.88. The molecule has 0 atom stereocenters. The minimum Gasteiger partial charge on any atom is -0.352 e. The number of hydrogen-bond donors (Lipinski definition) is 1. The zero-order valence-electron chi connectivity index (χ0n) is 15.4. The number of carbonyl (C=O) groups is 1. The second-order valence-corrected chi connectivity index (χ2v) is 6.94. The van der Waals surface area contributed by atoms with Crippen molar-refractivity contribution < 1.29 is 4.79 Å². The van der Waals surface area contributed by atoms with Gasteiger partial charge in [-0.1, -0.05) is 26.0 Å². The molecule has 0 aliphatic carbocycles. The number of rotatable bonds is 5. The van der Waals surface area contributed by atoms with Gasteiger partial charge in [0.25, 0.3) is 5.56 Å². The van der Waals surface area contributed by atoms with E-state index in [9.17, 15) is 9.59 Å². The average molecular weight is 353 g/mol. The largest absolute Gasteiger partial charge is 0.352 e. The van der Waals surface area contributed by atoms with E-state index in [2.05, 4.69) is 29.2 Å². The first kappa shape index (κ1) is 17.8. The van der Waals surface area contributed by atoms with Crippen LogP contribution in [0.3, 0.4) is 0 Å². The molecule has 1 aromatic carbocycles.